The number of amides is 1. The van der Waals surface area contributed by atoms with Crippen molar-refractivity contribution in [2.45, 2.75) is 25.0 Å². The summed E-state index contributed by atoms with van der Waals surface area (Å²) >= 11 is 0. The molecule has 92 valence electrons. The molecule has 1 aromatic rings. The number of fused-ring (bicyclic) bond motifs is 1. The Balaban J connectivity index is 2.04. The fourth-order valence-electron chi connectivity index (χ4n) is 2.19. The van der Waals surface area contributed by atoms with Gasteiger partial charge in [-0.25, -0.2) is 0 Å². The molecule has 1 aliphatic carbocycles. The molecule has 0 fully saturated rings. The van der Waals surface area contributed by atoms with Gasteiger partial charge in [-0.05, 0) is 11.1 Å². The lowest BCUT2D eigenvalue weighted by Gasteiger charge is -2.17. The van der Waals surface area contributed by atoms with E-state index in [1.807, 2.05) is 24.3 Å². The van der Waals surface area contributed by atoms with Crippen molar-refractivity contribution >= 4 is 5.91 Å². The summed E-state index contributed by atoms with van der Waals surface area (Å²) < 4.78 is 4.85. The SMILES string of the molecule is COCCC(=O)NC1c2ccccc2CC1O. The van der Waals surface area contributed by atoms with Crippen LogP contribution in [0, 0.1) is 0 Å². The smallest absolute Gasteiger partial charge is 0.222 e. The van der Waals surface area contributed by atoms with Gasteiger partial charge in [0.15, 0.2) is 0 Å². The van der Waals surface area contributed by atoms with Gasteiger partial charge in [-0.3, -0.25) is 4.79 Å². The van der Waals surface area contributed by atoms with Crippen LogP contribution in [0.2, 0.25) is 0 Å². The number of ether oxygens (including phenoxy) is 1. The maximum Gasteiger partial charge on any atom is 0.222 e. The van der Waals surface area contributed by atoms with Gasteiger partial charge in [-0.15, -0.1) is 0 Å². The normalized spacial score (nSPS) is 22.2. The van der Waals surface area contributed by atoms with E-state index in [0.717, 1.165) is 11.1 Å². The summed E-state index contributed by atoms with van der Waals surface area (Å²) in [6, 6.07) is 7.52. The third kappa shape index (κ3) is 2.65. The molecule has 1 aromatic carbocycles. The van der Waals surface area contributed by atoms with Gasteiger partial charge in [-0.1, -0.05) is 24.3 Å². The highest BCUT2D eigenvalue weighted by Gasteiger charge is 2.31. The Morgan fingerprint density at radius 2 is 2.29 bits per heavy atom. The van der Waals surface area contributed by atoms with Gasteiger partial charge < -0.3 is 15.2 Å². The first kappa shape index (κ1) is 12.1. The summed E-state index contributed by atoms with van der Waals surface area (Å²) in [7, 11) is 1.56. The molecule has 2 atom stereocenters. The van der Waals surface area contributed by atoms with Crippen LogP contribution < -0.4 is 5.32 Å². The fourth-order valence-corrected chi connectivity index (χ4v) is 2.19. The summed E-state index contributed by atoms with van der Waals surface area (Å²) in [5.41, 5.74) is 2.13. The summed E-state index contributed by atoms with van der Waals surface area (Å²) in [5.74, 6) is -0.0902. The van der Waals surface area contributed by atoms with Gasteiger partial charge in [-0.2, -0.15) is 0 Å². The first-order valence-corrected chi connectivity index (χ1v) is 5.76. The van der Waals surface area contributed by atoms with E-state index in [1.54, 1.807) is 7.11 Å². The van der Waals surface area contributed by atoms with Crippen LogP contribution in [0.3, 0.4) is 0 Å². The summed E-state index contributed by atoms with van der Waals surface area (Å²) in [6.07, 6.45) is 0.395. The number of hydrogen-bond acceptors (Lipinski definition) is 3. The van der Waals surface area contributed by atoms with Gasteiger partial charge in [0.25, 0.3) is 0 Å². The fraction of sp³-hybridized carbons (Fsp3) is 0.462. The van der Waals surface area contributed by atoms with Crippen molar-refractivity contribution in [3.05, 3.63) is 35.4 Å². The molecule has 2 N–H and O–H groups in total. The highest BCUT2D eigenvalue weighted by Crippen LogP contribution is 2.31. The predicted octanol–water partition coefficient (Wildman–Crippen LogP) is 0.797. The Labute approximate surface area is 101 Å². The lowest BCUT2D eigenvalue weighted by Crippen LogP contribution is -2.34. The van der Waals surface area contributed by atoms with Crippen LogP contribution in [0.4, 0.5) is 0 Å². The highest BCUT2D eigenvalue weighted by atomic mass is 16.5. The Hall–Kier alpha value is -1.39. The molecule has 2 unspecified atom stereocenters. The average molecular weight is 235 g/mol. The molecule has 4 heteroatoms. The summed E-state index contributed by atoms with van der Waals surface area (Å²) in [6.45, 7) is 0.399. The molecule has 0 bridgehead atoms. The lowest BCUT2D eigenvalue weighted by atomic mass is 10.1. The van der Waals surface area contributed by atoms with Crippen molar-refractivity contribution in [3.63, 3.8) is 0 Å². The maximum absolute atomic E-state index is 11.6. The molecular weight excluding hydrogens is 218 g/mol. The van der Waals surface area contributed by atoms with E-state index in [0.29, 0.717) is 19.4 Å². The average Bonchev–Trinajstić information content (AvgIpc) is 2.64. The second-order valence-corrected chi connectivity index (χ2v) is 4.26. The van der Waals surface area contributed by atoms with Crippen LogP contribution in [0.5, 0.6) is 0 Å². The number of aliphatic hydroxyl groups is 1. The molecule has 0 saturated heterocycles. The summed E-state index contributed by atoms with van der Waals surface area (Å²) in [4.78, 5) is 11.6. The van der Waals surface area contributed by atoms with Gasteiger partial charge >= 0.3 is 0 Å². The minimum Gasteiger partial charge on any atom is -0.390 e. The Kier molecular flexibility index (Phi) is 3.76. The predicted molar refractivity (Wildman–Crippen MR) is 63.5 cm³/mol. The molecule has 17 heavy (non-hydrogen) atoms. The van der Waals surface area contributed by atoms with E-state index in [-0.39, 0.29) is 11.9 Å². The zero-order valence-corrected chi connectivity index (χ0v) is 9.85. The largest absolute Gasteiger partial charge is 0.390 e. The van der Waals surface area contributed by atoms with E-state index in [2.05, 4.69) is 5.32 Å². The zero-order valence-electron chi connectivity index (χ0n) is 9.85. The van der Waals surface area contributed by atoms with Gasteiger partial charge in [0.1, 0.15) is 0 Å². The molecule has 0 heterocycles. The minimum absolute atomic E-state index is 0.0902. The van der Waals surface area contributed by atoms with Crippen LogP contribution >= 0.6 is 0 Å². The van der Waals surface area contributed by atoms with Crippen molar-refractivity contribution in [1.29, 1.82) is 0 Å². The first-order valence-electron chi connectivity index (χ1n) is 5.76. The topological polar surface area (TPSA) is 58.6 Å². The van der Waals surface area contributed by atoms with Crippen LogP contribution in [0.1, 0.15) is 23.6 Å². The van der Waals surface area contributed by atoms with E-state index in [9.17, 15) is 9.90 Å². The van der Waals surface area contributed by atoms with E-state index in [1.165, 1.54) is 0 Å². The van der Waals surface area contributed by atoms with Crippen LogP contribution in [0.15, 0.2) is 24.3 Å². The number of benzene rings is 1. The number of hydrogen-bond donors (Lipinski definition) is 2. The third-order valence-electron chi connectivity index (χ3n) is 3.05. The molecule has 0 aliphatic heterocycles. The summed E-state index contributed by atoms with van der Waals surface area (Å²) in [5, 5.41) is 12.8. The molecule has 0 saturated carbocycles. The number of aliphatic hydroxyl groups excluding tert-OH is 1. The molecule has 0 aromatic heterocycles. The Morgan fingerprint density at radius 1 is 1.53 bits per heavy atom. The Bertz CT molecular complexity index is 405. The van der Waals surface area contributed by atoms with Gasteiger partial charge in [0.2, 0.25) is 5.91 Å². The minimum atomic E-state index is -0.529. The molecule has 2 rings (SSSR count). The number of rotatable bonds is 4. The first-order chi connectivity index (χ1) is 8.22. The Morgan fingerprint density at radius 3 is 3.06 bits per heavy atom. The molecule has 0 spiro atoms. The van der Waals surface area contributed by atoms with Crippen LogP contribution in [-0.2, 0) is 16.0 Å². The number of methoxy groups -OCH3 is 1. The number of carbonyl (C=O) groups excluding carboxylic acids is 1. The van der Waals surface area contributed by atoms with Crippen molar-refractivity contribution in [2.75, 3.05) is 13.7 Å². The molecule has 0 radical (unpaired) electrons. The number of carbonyl (C=O) groups is 1. The standard InChI is InChI=1S/C13H17NO3/c1-17-7-6-12(16)14-13-10-5-3-2-4-9(10)8-11(13)15/h2-5,11,13,15H,6-8H2,1H3,(H,14,16). The van der Waals surface area contributed by atoms with Gasteiger partial charge in [0, 0.05) is 20.0 Å². The van der Waals surface area contributed by atoms with Crippen molar-refractivity contribution in [3.8, 4) is 0 Å². The van der Waals surface area contributed by atoms with Crippen LogP contribution in [-0.4, -0.2) is 30.8 Å². The van der Waals surface area contributed by atoms with E-state index in [4.69, 9.17) is 4.74 Å². The van der Waals surface area contributed by atoms with Crippen molar-refractivity contribution < 1.29 is 14.6 Å². The zero-order chi connectivity index (χ0) is 12.3. The van der Waals surface area contributed by atoms with E-state index < -0.39 is 6.10 Å². The molecule has 1 aliphatic rings. The molecular formula is C13H17NO3. The number of nitrogens with one attached hydrogen (secondary N) is 1. The van der Waals surface area contributed by atoms with Crippen LogP contribution in [0.25, 0.3) is 0 Å². The quantitative estimate of drug-likeness (QED) is 0.811. The maximum atomic E-state index is 11.6. The second kappa shape index (κ2) is 5.29. The van der Waals surface area contributed by atoms with Gasteiger partial charge in [0.05, 0.1) is 18.8 Å². The monoisotopic (exact) mass is 235 g/mol. The highest BCUT2D eigenvalue weighted by molar-refractivity contribution is 5.76. The second-order valence-electron chi connectivity index (χ2n) is 4.26. The van der Waals surface area contributed by atoms with Crippen molar-refractivity contribution in [1.82, 2.24) is 5.32 Å². The third-order valence-corrected chi connectivity index (χ3v) is 3.05. The molecule has 4 nitrogen and oxygen atoms in total. The van der Waals surface area contributed by atoms with E-state index >= 15 is 0 Å². The van der Waals surface area contributed by atoms with Crippen molar-refractivity contribution in [2.24, 2.45) is 0 Å². The lowest BCUT2D eigenvalue weighted by molar-refractivity contribution is -0.123. The molecule has 1 amide bonds.